The van der Waals surface area contributed by atoms with Crippen molar-refractivity contribution in [3.05, 3.63) is 29.3 Å². The SMILES string of the molecule is CCCCCCCCNc1c(F)c(F)cc(F)c1F. The van der Waals surface area contributed by atoms with Crippen LogP contribution in [0.4, 0.5) is 23.2 Å². The molecule has 1 N–H and O–H groups in total. The molecule has 0 radical (unpaired) electrons. The smallest absolute Gasteiger partial charge is 0.185 e. The van der Waals surface area contributed by atoms with Gasteiger partial charge in [-0.15, -0.1) is 0 Å². The van der Waals surface area contributed by atoms with Gasteiger partial charge in [0.1, 0.15) is 5.69 Å². The Morgan fingerprint density at radius 1 is 0.842 bits per heavy atom. The summed E-state index contributed by atoms with van der Waals surface area (Å²) in [7, 11) is 0. The molecule has 0 unspecified atom stereocenters. The van der Waals surface area contributed by atoms with Gasteiger partial charge in [-0.25, -0.2) is 17.6 Å². The third kappa shape index (κ3) is 4.73. The van der Waals surface area contributed by atoms with Gasteiger partial charge in [-0.3, -0.25) is 0 Å². The number of halogens is 4. The molecule has 1 rings (SSSR count). The lowest BCUT2D eigenvalue weighted by molar-refractivity contribution is 0.458. The molecule has 0 bridgehead atoms. The zero-order valence-electron chi connectivity index (χ0n) is 11.0. The van der Waals surface area contributed by atoms with Crippen LogP contribution in [-0.2, 0) is 0 Å². The lowest BCUT2D eigenvalue weighted by atomic mass is 10.1. The Hall–Kier alpha value is -1.26. The van der Waals surface area contributed by atoms with Crippen LogP contribution in [0.5, 0.6) is 0 Å². The van der Waals surface area contributed by atoms with Crippen LogP contribution in [0.15, 0.2) is 6.07 Å². The van der Waals surface area contributed by atoms with Crippen LogP contribution in [0.3, 0.4) is 0 Å². The second kappa shape index (κ2) is 8.02. The van der Waals surface area contributed by atoms with Gasteiger partial charge in [-0.05, 0) is 6.42 Å². The zero-order chi connectivity index (χ0) is 14.3. The fraction of sp³-hybridized carbons (Fsp3) is 0.571. The molecule has 0 heterocycles. The standard InChI is InChI=1S/C14H19F4N/c1-2-3-4-5-6-7-8-19-14-12(17)10(15)9-11(16)13(14)18/h9,19H,2-8H2,1H3. The Morgan fingerprint density at radius 2 is 1.37 bits per heavy atom. The van der Waals surface area contributed by atoms with Crippen molar-refractivity contribution in [3.63, 3.8) is 0 Å². The van der Waals surface area contributed by atoms with Crippen molar-refractivity contribution >= 4 is 5.69 Å². The highest BCUT2D eigenvalue weighted by Gasteiger charge is 2.18. The van der Waals surface area contributed by atoms with Gasteiger partial charge in [0.15, 0.2) is 23.3 Å². The third-order valence-electron chi connectivity index (χ3n) is 2.94. The van der Waals surface area contributed by atoms with E-state index in [1.54, 1.807) is 0 Å². The van der Waals surface area contributed by atoms with Crippen LogP contribution in [-0.4, -0.2) is 6.54 Å². The summed E-state index contributed by atoms with van der Waals surface area (Å²) in [5, 5.41) is 2.42. The largest absolute Gasteiger partial charge is 0.380 e. The molecule has 0 aliphatic rings. The molecule has 0 saturated carbocycles. The number of hydrogen-bond donors (Lipinski definition) is 1. The summed E-state index contributed by atoms with van der Waals surface area (Å²) in [4.78, 5) is 0. The van der Waals surface area contributed by atoms with E-state index in [0.29, 0.717) is 13.0 Å². The summed E-state index contributed by atoms with van der Waals surface area (Å²) in [6.45, 7) is 2.41. The van der Waals surface area contributed by atoms with Gasteiger partial charge in [0.25, 0.3) is 0 Å². The molecule has 19 heavy (non-hydrogen) atoms. The fourth-order valence-electron chi connectivity index (χ4n) is 1.85. The highest BCUT2D eigenvalue weighted by molar-refractivity contribution is 5.47. The van der Waals surface area contributed by atoms with Crippen LogP contribution in [0.2, 0.25) is 0 Å². The molecule has 0 atom stereocenters. The normalized spacial score (nSPS) is 10.8. The van der Waals surface area contributed by atoms with E-state index < -0.39 is 29.0 Å². The van der Waals surface area contributed by atoms with E-state index in [1.165, 1.54) is 6.42 Å². The highest BCUT2D eigenvalue weighted by Crippen LogP contribution is 2.24. The quantitative estimate of drug-likeness (QED) is 0.400. The molecule has 0 saturated heterocycles. The van der Waals surface area contributed by atoms with Gasteiger partial charge < -0.3 is 5.32 Å². The topological polar surface area (TPSA) is 12.0 Å². The maximum absolute atomic E-state index is 13.3. The number of rotatable bonds is 8. The van der Waals surface area contributed by atoms with E-state index >= 15 is 0 Å². The molecule has 1 aromatic carbocycles. The predicted molar refractivity (Wildman–Crippen MR) is 68.1 cm³/mol. The molecule has 0 amide bonds. The zero-order valence-corrected chi connectivity index (χ0v) is 11.0. The van der Waals surface area contributed by atoms with Gasteiger partial charge in [0.2, 0.25) is 0 Å². The summed E-state index contributed by atoms with van der Waals surface area (Å²) < 4.78 is 52.4. The van der Waals surface area contributed by atoms with E-state index in [-0.39, 0.29) is 6.07 Å². The summed E-state index contributed by atoms with van der Waals surface area (Å²) in [6.07, 6.45) is 6.14. The van der Waals surface area contributed by atoms with Crippen LogP contribution < -0.4 is 5.32 Å². The molecule has 108 valence electrons. The molecular formula is C14H19F4N. The van der Waals surface area contributed by atoms with Crippen molar-refractivity contribution in [2.45, 2.75) is 45.4 Å². The molecule has 0 aromatic heterocycles. The minimum absolute atomic E-state index is 0.209. The van der Waals surface area contributed by atoms with E-state index in [0.717, 1.165) is 25.7 Å². The van der Waals surface area contributed by atoms with Crippen LogP contribution in [0.1, 0.15) is 45.4 Å². The van der Waals surface area contributed by atoms with Crippen LogP contribution in [0.25, 0.3) is 0 Å². The maximum Gasteiger partial charge on any atom is 0.185 e. The predicted octanol–water partition coefficient (Wildman–Crippen LogP) is 5.02. The van der Waals surface area contributed by atoms with Gasteiger partial charge in [-0.1, -0.05) is 39.0 Å². The lowest BCUT2D eigenvalue weighted by Gasteiger charge is -2.09. The fourth-order valence-corrected chi connectivity index (χ4v) is 1.85. The van der Waals surface area contributed by atoms with Crippen LogP contribution in [0, 0.1) is 23.3 Å². The van der Waals surface area contributed by atoms with Crippen molar-refractivity contribution in [1.82, 2.24) is 0 Å². The number of anilines is 1. The van der Waals surface area contributed by atoms with Crippen molar-refractivity contribution < 1.29 is 17.6 Å². The van der Waals surface area contributed by atoms with E-state index in [2.05, 4.69) is 12.2 Å². The first-order valence-electron chi connectivity index (χ1n) is 6.64. The number of benzene rings is 1. The number of nitrogens with one attached hydrogen (secondary N) is 1. The Morgan fingerprint density at radius 3 is 1.95 bits per heavy atom. The van der Waals surface area contributed by atoms with Crippen LogP contribution >= 0.6 is 0 Å². The highest BCUT2D eigenvalue weighted by atomic mass is 19.2. The summed E-state index contributed by atoms with van der Waals surface area (Å²) >= 11 is 0. The van der Waals surface area contributed by atoms with Crippen molar-refractivity contribution in [3.8, 4) is 0 Å². The summed E-state index contributed by atoms with van der Waals surface area (Å²) in [5.41, 5.74) is -0.717. The van der Waals surface area contributed by atoms with Crippen molar-refractivity contribution in [2.75, 3.05) is 11.9 Å². The molecule has 0 aliphatic heterocycles. The first kappa shape index (κ1) is 15.8. The first-order valence-corrected chi connectivity index (χ1v) is 6.64. The maximum atomic E-state index is 13.3. The van der Waals surface area contributed by atoms with Gasteiger partial charge in [0.05, 0.1) is 0 Å². The average Bonchev–Trinajstić information content (AvgIpc) is 2.39. The Bertz CT molecular complexity index is 381. The minimum Gasteiger partial charge on any atom is -0.380 e. The Balaban J connectivity index is 2.41. The van der Waals surface area contributed by atoms with Gasteiger partial charge >= 0.3 is 0 Å². The summed E-state index contributed by atoms with van der Waals surface area (Å²) in [5.74, 6) is -5.51. The Labute approximate surface area is 111 Å². The Kier molecular flexibility index (Phi) is 6.67. The first-order chi connectivity index (χ1) is 9.07. The van der Waals surface area contributed by atoms with E-state index in [9.17, 15) is 17.6 Å². The minimum atomic E-state index is -1.38. The molecule has 1 nitrogen and oxygen atoms in total. The molecule has 0 fully saturated rings. The lowest BCUT2D eigenvalue weighted by Crippen LogP contribution is -2.08. The monoisotopic (exact) mass is 277 g/mol. The van der Waals surface area contributed by atoms with Gasteiger partial charge in [-0.2, -0.15) is 0 Å². The van der Waals surface area contributed by atoms with Crippen molar-refractivity contribution in [2.24, 2.45) is 0 Å². The van der Waals surface area contributed by atoms with Crippen molar-refractivity contribution in [1.29, 1.82) is 0 Å². The molecule has 1 aromatic rings. The number of unbranched alkanes of at least 4 members (excludes halogenated alkanes) is 5. The molecule has 0 spiro atoms. The second-order valence-electron chi connectivity index (χ2n) is 4.54. The number of hydrogen-bond acceptors (Lipinski definition) is 1. The molecule has 0 aliphatic carbocycles. The molecular weight excluding hydrogens is 258 g/mol. The molecule has 5 heteroatoms. The van der Waals surface area contributed by atoms with E-state index in [1.807, 2.05) is 0 Å². The van der Waals surface area contributed by atoms with Gasteiger partial charge in [0, 0.05) is 12.6 Å². The second-order valence-corrected chi connectivity index (χ2v) is 4.54. The third-order valence-corrected chi connectivity index (χ3v) is 2.94. The average molecular weight is 277 g/mol. The summed E-state index contributed by atoms with van der Waals surface area (Å²) in [6, 6.07) is 0.209. The van der Waals surface area contributed by atoms with E-state index in [4.69, 9.17) is 0 Å².